The fourth-order valence-electron chi connectivity index (χ4n) is 7.85. The first kappa shape index (κ1) is 38.7. The van der Waals surface area contributed by atoms with Crippen LogP contribution < -0.4 is 9.48 Å². The van der Waals surface area contributed by atoms with Gasteiger partial charge in [0.05, 0.1) is 21.9 Å². The number of fused-ring (bicyclic) bond motifs is 4. The summed E-state index contributed by atoms with van der Waals surface area (Å²) in [6.45, 7) is 7.43. The van der Waals surface area contributed by atoms with E-state index in [1.54, 1.807) is 50.2 Å². The number of halogens is 9. The third kappa shape index (κ3) is 7.17. The van der Waals surface area contributed by atoms with Gasteiger partial charge >= 0.3 is 18.7 Å². The van der Waals surface area contributed by atoms with E-state index < -0.39 is 52.1 Å². The van der Waals surface area contributed by atoms with Crippen LogP contribution in [0, 0.1) is 0 Å². The number of para-hydroxylation sites is 1. The first-order valence-electron chi connectivity index (χ1n) is 17.8. The number of hydrogen-bond acceptors (Lipinski definition) is 2. The molecule has 0 atom stereocenters. The van der Waals surface area contributed by atoms with E-state index in [9.17, 15) is 39.5 Å². The molecular formula is C44H36F9N2O+. The Morgan fingerprint density at radius 2 is 1.29 bits per heavy atom. The molecule has 56 heavy (non-hydrogen) atoms. The van der Waals surface area contributed by atoms with Gasteiger partial charge in [0.2, 0.25) is 17.1 Å². The zero-order valence-corrected chi connectivity index (χ0v) is 30.7. The Labute approximate surface area is 317 Å². The van der Waals surface area contributed by atoms with Crippen LogP contribution in [0.15, 0.2) is 133 Å². The molecule has 2 aliphatic rings. The highest BCUT2D eigenvalue weighted by Gasteiger charge is 2.49. The van der Waals surface area contributed by atoms with Gasteiger partial charge in [-0.25, -0.2) is 0 Å². The van der Waals surface area contributed by atoms with Crippen LogP contribution >= 0.6 is 0 Å². The zero-order chi connectivity index (χ0) is 40.4. The Bertz CT molecular complexity index is 2390. The number of hydrogen-bond donors (Lipinski definition) is 0. The van der Waals surface area contributed by atoms with E-state index in [-0.39, 0.29) is 17.5 Å². The van der Waals surface area contributed by atoms with E-state index in [0.717, 1.165) is 22.9 Å². The molecule has 0 N–H and O–H groups in total. The standard InChI is InChI=1S/C44H36F9N2O/c1-40(2)34-16-10-11-17-36(34)54(21-20-27-12-6-5-7-13-27)37(40)25-32(56-44(51,52)53)26-38-41(3,4)35-19-18-28-14-8-9-15-33(28)39(35)55(38)31-23-29(42(45,46)47)22-30(24-31)43(48,49)50/h5-19,22-26H,20-21H2,1-4H3/q+1. The summed E-state index contributed by atoms with van der Waals surface area (Å²) in [5.74, 6) is -0.703. The Morgan fingerprint density at radius 1 is 0.679 bits per heavy atom. The maximum Gasteiger partial charge on any atom is 0.573 e. The first-order chi connectivity index (χ1) is 26.2. The van der Waals surface area contributed by atoms with E-state index in [4.69, 9.17) is 4.74 Å². The minimum atomic E-state index is -5.22. The molecule has 0 saturated heterocycles. The molecule has 0 aromatic heterocycles. The van der Waals surface area contributed by atoms with E-state index in [0.29, 0.717) is 47.1 Å². The molecule has 290 valence electrons. The van der Waals surface area contributed by atoms with Gasteiger partial charge in [0.15, 0.2) is 0 Å². The van der Waals surface area contributed by atoms with Crippen molar-refractivity contribution in [2.45, 2.75) is 63.7 Å². The van der Waals surface area contributed by atoms with Gasteiger partial charge in [0, 0.05) is 53.2 Å². The van der Waals surface area contributed by atoms with Crippen LogP contribution in [-0.4, -0.2) is 18.6 Å². The molecule has 0 aliphatic carbocycles. The monoisotopic (exact) mass is 779 g/mol. The average molecular weight is 780 g/mol. The Balaban J connectivity index is 1.52. The van der Waals surface area contributed by atoms with Crippen molar-refractivity contribution in [3.8, 4) is 0 Å². The predicted octanol–water partition coefficient (Wildman–Crippen LogP) is 12.8. The van der Waals surface area contributed by atoms with E-state index >= 15 is 0 Å². The lowest BCUT2D eigenvalue weighted by Gasteiger charge is -2.28. The van der Waals surface area contributed by atoms with E-state index in [2.05, 4.69) is 0 Å². The van der Waals surface area contributed by atoms with Crippen molar-refractivity contribution in [1.82, 2.24) is 4.58 Å². The molecule has 0 bridgehead atoms. The maximum atomic E-state index is 14.4. The lowest BCUT2D eigenvalue weighted by molar-refractivity contribution is -0.303. The van der Waals surface area contributed by atoms with Gasteiger partial charge in [0.25, 0.3) is 0 Å². The highest BCUT2D eigenvalue weighted by molar-refractivity contribution is 6.15. The van der Waals surface area contributed by atoms with Crippen molar-refractivity contribution in [3.63, 3.8) is 0 Å². The molecule has 5 aromatic carbocycles. The fraction of sp³-hybridized carbons (Fsp3) is 0.250. The molecule has 7 rings (SSSR count). The van der Waals surface area contributed by atoms with Gasteiger partial charge in [-0.05, 0) is 55.0 Å². The quantitative estimate of drug-likeness (QED) is 0.0929. The number of nitrogens with zero attached hydrogens (tertiary/aromatic N) is 2. The van der Waals surface area contributed by atoms with Crippen LogP contribution in [-0.2, 0) is 34.3 Å². The molecular weight excluding hydrogens is 743 g/mol. The fourth-order valence-corrected chi connectivity index (χ4v) is 7.85. The number of allylic oxidation sites excluding steroid dienone is 3. The smallest absolute Gasteiger partial charge is 0.405 e. The van der Waals surface area contributed by atoms with Crippen molar-refractivity contribution in [2.75, 3.05) is 11.4 Å². The van der Waals surface area contributed by atoms with Gasteiger partial charge in [-0.15, -0.1) is 13.2 Å². The van der Waals surface area contributed by atoms with Crippen molar-refractivity contribution in [3.05, 3.63) is 161 Å². The average Bonchev–Trinajstić information content (AvgIpc) is 3.48. The molecule has 0 amide bonds. The molecule has 0 spiro atoms. The van der Waals surface area contributed by atoms with Crippen molar-refractivity contribution < 1.29 is 44.3 Å². The van der Waals surface area contributed by atoms with Gasteiger partial charge in [-0.3, -0.25) is 0 Å². The Kier molecular flexibility index (Phi) is 9.41. The summed E-state index contributed by atoms with van der Waals surface area (Å²) in [5, 5.41) is 1.09. The van der Waals surface area contributed by atoms with Crippen molar-refractivity contribution in [2.24, 2.45) is 0 Å². The minimum absolute atomic E-state index is 0.0245. The topological polar surface area (TPSA) is 15.5 Å². The van der Waals surface area contributed by atoms with Crippen LogP contribution in [0.25, 0.3) is 10.8 Å². The summed E-state index contributed by atoms with van der Waals surface area (Å²) >= 11 is 0. The van der Waals surface area contributed by atoms with E-state index in [1.165, 1.54) is 10.7 Å². The van der Waals surface area contributed by atoms with Crippen molar-refractivity contribution >= 4 is 33.5 Å². The van der Waals surface area contributed by atoms with Crippen molar-refractivity contribution in [1.29, 1.82) is 0 Å². The molecule has 3 nitrogen and oxygen atoms in total. The molecule has 0 saturated carbocycles. The minimum Gasteiger partial charge on any atom is -0.405 e. The maximum absolute atomic E-state index is 14.4. The number of ether oxygens (including phenoxy) is 1. The predicted molar refractivity (Wildman–Crippen MR) is 200 cm³/mol. The summed E-state index contributed by atoms with van der Waals surface area (Å²) in [6.07, 6.45) is -12.7. The molecule has 2 aliphatic heterocycles. The summed E-state index contributed by atoms with van der Waals surface area (Å²) < 4.78 is 135. The largest absolute Gasteiger partial charge is 0.573 e. The summed E-state index contributed by atoms with van der Waals surface area (Å²) in [5.41, 5.74) is -1.99. The van der Waals surface area contributed by atoms with Crippen LogP contribution in [0.4, 0.5) is 56.6 Å². The summed E-state index contributed by atoms with van der Waals surface area (Å²) in [7, 11) is 0. The normalized spacial score (nSPS) is 17.5. The molecule has 5 aromatic rings. The second-order valence-corrected chi connectivity index (χ2v) is 14.9. The molecule has 12 heteroatoms. The van der Waals surface area contributed by atoms with Gasteiger partial charge in [-0.1, -0.05) is 92.7 Å². The second kappa shape index (κ2) is 13.6. The number of alkyl halides is 9. The van der Waals surface area contributed by atoms with Gasteiger partial charge < -0.3 is 9.64 Å². The number of rotatable bonds is 7. The van der Waals surface area contributed by atoms with Gasteiger partial charge in [-0.2, -0.15) is 30.9 Å². The summed E-state index contributed by atoms with van der Waals surface area (Å²) in [4.78, 5) is 1.92. The first-order valence-corrected chi connectivity index (χ1v) is 17.8. The number of anilines is 1. The third-order valence-electron chi connectivity index (χ3n) is 10.6. The summed E-state index contributed by atoms with van der Waals surface area (Å²) in [6, 6.07) is 28.4. The number of benzene rings is 5. The van der Waals surface area contributed by atoms with Crippen LogP contribution in [0.2, 0.25) is 0 Å². The highest BCUT2D eigenvalue weighted by Crippen LogP contribution is 2.50. The molecule has 2 heterocycles. The molecule has 0 radical (unpaired) electrons. The molecule has 0 fully saturated rings. The third-order valence-corrected chi connectivity index (χ3v) is 10.6. The van der Waals surface area contributed by atoms with E-state index in [1.807, 2.05) is 73.3 Å². The lowest BCUT2D eigenvalue weighted by atomic mass is 9.80. The Hall–Kier alpha value is -5.52. The Morgan fingerprint density at radius 3 is 1.93 bits per heavy atom. The van der Waals surface area contributed by atoms with Crippen LogP contribution in [0.5, 0.6) is 0 Å². The lowest BCUT2D eigenvalue weighted by Crippen LogP contribution is -2.30. The van der Waals surface area contributed by atoms with Crippen LogP contribution in [0.3, 0.4) is 0 Å². The van der Waals surface area contributed by atoms with Crippen LogP contribution in [0.1, 0.15) is 55.5 Å². The zero-order valence-electron chi connectivity index (χ0n) is 30.7. The van der Waals surface area contributed by atoms with Gasteiger partial charge in [0.1, 0.15) is 5.76 Å². The SMILES string of the molecule is CC1(C)C(/C=C(/C=C2/N(CCc3ccccc3)c3ccccc3C2(C)C)OC(F)(F)F)=[N+](c2cc(C(F)(F)F)cc(C(F)(F)F)c2)c2c1ccc1ccccc21. The second-order valence-electron chi connectivity index (χ2n) is 14.9. The highest BCUT2D eigenvalue weighted by atomic mass is 19.4. The molecule has 0 unspecified atom stereocenters.